The molecule has 0 unspecified atom stereocenters. The zero-order valence-electron chi connectivity index (χ0n) is 5.39. The number of carboxylic acids is 1. The van der Waals surface area contributed by atoms with Crippen molar-refractivity contribution in [3.63, 3.8) is 0 Å². The molecule has 0 aliphatic rings. The number of carboxylic acid groups (broad SMARTS) is 1. The normalized spacial score (nSPS) is 12.3. The Morgan fingerprint density at radius 2 is 2.11 bits per heavy atom. The van der Waals surface area contributed by atoms with E-state index in [9.17, 15) is 4.79 Å². The van der Waals surface area contributed by atoms with Crippen LogP contribution in [-0.2, 0) is 4.79 Å². The fraction of sp³-hybridized carbons (Fsp3) is 0.500. The van der Waals surface area contributed by atoms with Crippen LogP contribution in [0.2, 0.25) is 0 Å². The maximum absolute atomic E-state index is 10.3. The van der Waals surface area contributed by atoms with Crippen LogP contribution >= 0.6 is 11.6 Å². The molecule has 0 aliphatic carbocycles. The molecule has 2 nitrogen and oxygen atoms in total. The van der Waals surface area contributed by atoms with Gasteiger partial charge < -0.3 is 5.11 Å². The molecule has 0 atom stereocenters. The van der Waals surface area contributed by atoms with Crippen LogP contribution in [0.3, 0.4) is 0 Å². The SMILES string of the molecule is CC(C)(/C=C/Cl)C(=O)O. The molecule has 0 saturated heterocycles. The largest absolute Gasteiger partial charge is 0.481 e. The van der Waals surface area contributed by atoms with Gasteiger partial charge in [0.25, 0.3) is 0 Å². The van der Waals surface area contributed by atoms with Crippen molar-refractivity contribution in [3.8, 4) is 0 Å². The third-order valence-electron chi connectivity index (χ3n) is 1.03. The van der Waals surface area contributed by atoms with Gasteiger partial charge in [-0.2, -0.15) is 0 Å². The van der Waals surface area contributed by atoms with Crippen LogP contribution in [0, 0.1) is 5.41 Å². The van der Waals surface area contributed by atoms with Gasteiger partial charge in [0, 0.05) is 5.54 Å². The van der Waals surface area contributed by atoms with Gasteiger partial charge in [-0.25, -0.2) is 0 Å². The summed E-state index contributed by atoms with van der Waals surface area (Å²) >= 11 is 5.19. The van der Waals surface area contributed by atoms with E-state index in [-0.39, 0.29) is 0 Å². The van der Waals surface area contributed by atoms with Crippen molar-refractivity contribution in [2.24, 2.45) is 5.41 Å². The number of hydrogen-bond donors (Lipinski definition) is 1. The van der Waals surface area contributed by atoms with Gasteiger partial charge in [-0.3, -0.25) is 4.79 Å². The van der Waals surface area contributed by atoms with E-state index in [0.29, 0.717) is 0 Å². The third-order valence-corrected chi connectivity index (χ3v) is 1.16. The minimum absolute atomic E-state index is 0.845. The zero-order chi connectivity index (χ0) is 7.49. The maximum atomic E-state index is 10.3. The first kappa shape index (κ1) is 8.50. The summed E-state index contributed by atoms with van der Waals surface area (Å²) in [5.74, 6) is -0.876. The highest BCUT2D eigenvalue weighted by Gasteiger charge is 2.22. The fourth-order valence-corrected chi connectivity index (χ4v) is 0.544. The maximum Gasteiger partial charge on any atom is 0.312 e. The highest BCUT2D eigenvalue weighted by atomic mass is 35.5. The van der Waals surface area contributed by atoms with Crippen molar-refractivity contribution < 1.29 is 9.90 Å². The molecule has 9 heavy (non-hydrogen) atoms. The summed E-state index contributed by atoms with van der Waals surface area (Å²) in [4.78, 5) is 10.3. The first-order valence-corrected chi connectivity index (χ1v) is 2.95. The summed E-state index contributed by atoms with van der Waals surface area (Å²) < 4.78 is 0. The summed E-state index contributed by atoms with van der Waals surface area (Å²) in [6.07, 6.45) is 1.43. The molecule has 52 valence electrons. The van der Waals surface area contributed by atoms with Gasteiger partial charge in [-0.15, -0.1) is 0 Å². The summed E-state index contributed by atoms with van der Waals surface area (Å²) in [5, 5.41) is 8.46. The molecule has 0 fully saturated rings. The highest BCUT2D eigenvalue weighted by Crippen LogP contribution is 2.16. The predicted octanol–water partition coefficient (Wildman–Crippen LogP) is 1.85. The van der Waals surface area contributed by atoms with Crippen LogP contribution in [-0.4, -0.2) is 11.1 Å². The molecule has 0 saturated carbocycles. The van der Waals surface area contributed by atoms with Crippen LogP contribution in [0.5, 0.6) is 0 Å². The number of halogens is 1. The van der Waals surface area contributed by atoms with E-state index >= 15 is 0 Å². The van der Waals surface area contributed by atoms with E-state index in [2.05, 4.69) is 0 Å². The quantitative estimate of drug-likeness (QED) is 0.649. The Kier molecular flexibility index (Phi) is 2.71. The molecular weight excluding hydrogens is 140 g/mol. The second kappa shape index (κ2) is 2.87. The van der Waals surface area contributed by atoms with E-state index in [0.717, 1.165) is 0 Å². The smallest absolute Gasteiger partial charge is 0.312 e. The molecule has 0 aromatic carbocycles. The van der Waals surface area contributed by atoms with E-state index in [4.69, 9.17) is 16.7 Å². The standard InChI is InChI=1S/C6H9ClO2/c1-6(2,3-4-7)5(8)9/h3-4H,1-2H3,(H,8,9)/b4-3+. The Hall–Kier alpha value is -0.500. The molecule has 1 N–H and O–H groups in total. The lowest BCUT2D eigenvalue weighted by Crippen LogP contribution is -2.20. The van der Waals surface area contributed by atoms with Crippen molar-refractivity contribution in [2.75, 3.05) is 0 Å². The number of rotatable bonds is 2. The molecule has 0 aromatic heterocycles. The second-order valence-electron chi connectivity index (χ2n) is 2.32. The second-order valence-corrected chi connectivity index (χ2v) is 2.57. The van der Waals surface area contributed by atoms with E-state index in [1.807, 2.05) is 0 Å². The number of hydrogen-bond acceptors (Lipinski definition) is 1. The van der Waals surface area contributed by atoms with Crippen molar-refractivity contribution in [2.45, 2.75) is 13.8 Å². The summed E-state index contributed by atoms with van der Waals surface area (Å²) in [6, 6.07) is 0. The Morgan fingerprint density at radius 3 is 2.22 bits per heavy atom. The number of aliphatic carboxylic acids is 1. The summed E-state index contributed by atoms with van der Waals surface area (Å²) in [5.41, 5.74) is 0.371. The van der Waals surface area contributed by atoms with E-state index in [1.54, 1.807) is 13.8 Å². The molecule has 0 bridgehead atoms. The Morgan fingerprint density at radius 1 is 1.67 bits per heavy atom. The summed E-state index contributed by atoms with van der Waals surface area (Å²) in [6.45, 7) is 3.16. The molecule has 0 amide bonds. The van der Waals surface area contributed by atoms with Gasteiger partial charge in [0.2, 0.25) is 0 Å². The van der Waals surface area contributed by atoms with Gasteiger partial charge in [0.05, 0.1) is 5.41 Å². The van der Waals surface area contributed by atoms with Gasteiger partial charge in [-0.05, 0) is 13.8 Å². The van der Waals surface area contributed by atoms with Gasteiger partial charge in [0.15, 0.2) is 0 Å². The Bertz CT molecular complexity index is 138. The first-order valence-electron chi connectivity index (χ1n) is 2.52. The molecule has 0 aromatic rings. The molecule has 0 radical (unpaired) electrons. The van der Waals surface area contributed by atoms with Gasteiger partial charge in [0.1, 0.15) is 0 Å². The lowest BCUT2D eigenvalue weighted by atomic mass is 9.95. The van der Waals surface area contributed by atoms with Crippen LogP contribution in [0.1, 0.15) is 13.8 Å². The summed E-state index contributed by atoms with van der Waals surface area (Å²) in [7, 11) is 0. The molecular formula is C6H9ClO2. The first-order chi connectivity index (χ1) is 4.00. The Balaban J connectivity index is 4.19. The molecule has 0 rings (SSSR count). The lowest BCUT2D eigenvalue weighted by Gasteiger charge is -2.11. The minimum atomic E-state index is -0.876. The third kappa shape index (κ3) is 2.51. The van der Waals surface area contributed by atoms with Crippen molar-refractivity contribution in [1.82, 2.24) is 0 Å². The van der Waals surface area contributed by atoms with Gasteiger partial charge >= 0.3 is 5.97 Å². The van der Waals surface area contributed by atoms with E-state index in [1.165, 1.54) is 11.6 Å². The van der Waals surface area contributed by atoms with Crippen molar-refractivity contribution in [3.05, 3.63) is 11.6 Å². The van der Waals surface area contributed by atoms with E-state index < -0.39 is 11.4 Å². The van der Waals surface area contributed by atoms with Crippen molar-refractivity contribution >= 4 is 17.6 Å². The van der Waals surface area contributed by atoms with Crippen LogP contribution < -0.4 is 0 Å². The zero-order valence-corrected chi connectivity index (χ0v) is 6.14. The average molecular weight is 149 g/mol. The molecule has 0 heterocycles. The predicted molar refractivity (Wildman–Crippen MR) is 36.4 cm³/mol. The van der Waals surface area contributed by atoms with Gasteiger partial charge in [-0.1, -0.05) is 17.7 Å². The molecule has 0 aliphatic heterocycles. The van der Waals surface area contributed by atoms with Crippen molar-refractivity contribution in [1.29, 1.82) is 0 Å². The fourth-order valence-electron chi connectivity index (χ4n) is 0.229. The monoisotopic (exact) mass is 148 g/mol. The van der Waals surface area contributed by atoms with Crippen LogP contribution in [0.15, 0.2) is 11.6 Å². The van der Waals surface area contributed by atoms with Crippen LogP contribution in [0.4, 0.5) is 0 Å². The average Bonchev–Trinajstić information content (AvgIpc) is 1.65. The van der Waals surface area contributed by atoms with Crippen LogP contribution in [0.25, 0.3) is 0 Å². The minimum Gasteiger partial charge on any atom is -0.481 e. The molecule has 3 heteroatoms. The Labute approximate surface area is 59.1 Å². The lowest BCUT2D eigenvalue weighted by molar-refractivity contribution is -0.144. The highest BCUT2D eigenvalue weighted by molar-refractivity contribution is 6.25. The molecule has 0 spiro atoms. The number of carbonyl (C=O) groups is 1. The topological polar surface area (TPSA) is 37.3 Å².